The van der Waals surface area contributed by atoms with E-state index in [4.69, 9.17) is 23.7 Å². The lowest BCUT2D eigenvalue weighted by Crippen LogP contribution is -2.69. The zero-order valence-corrected chi connectivity index (χ0v) is 35.5. The van der Waals surface area contributed by atoms with Crippen molar-refractivity contribution in [2.24, 2.45) is 56.7 Å². The van der Waals surface area contributed by atoms with E-state index in [0.717, 1.165) is 44.9 Å². The Bertz CT molecular complexity index is 1620. The van der Waals surface area contributed by atoms with Crippen molar-refractivity contribution in [3.05, 3.63) is 11.6 Å². The molecule has 314 valence electrons. The summed E-state index contributed by atoms with van der Waals surface area (Å²) < 4.78 is 28.6. The van der Waals surface area contributed by atoms with Gasteiger partial charge in [-0.05, 0) is 109 Å². The van der Waals surface area contributed by atoms with Gasteiger partial charge < -0.3 is 34.1 Å². The monoisotopic (exact) mass is 785 g/mol. The zero-order chi connectivity index (χ0) is 41.3. The molecule has 6 aliphatic rings. The van der Waals surface area contributed by atoms with E-state index in [1.807, 2.05) is 0 Å². The van der Waals surface area contributed by atoms with Gasteiger partial charge in [0.15, 0.2) is 24.5 Å². The van der Waals surface area contributed by atoms with Gasteiger partial charge in [-0.3, -0.25) is 24.0 Å². The number of amides is 1. The molecule has 15 atom stereocenters. The summed E-state index contributed by atoms with van der Waals surface area (Å²) in [6.45, 7) is 21.0. The first-order valence-corrected chi connectivity index (χ1v) is 21.0. The molecule has 5 aliphatic carbocycles. The minimum absolute atomic E-state index is 0.00353. The van der Waals surface area contributed by atoms with Gasteiger partial charge in [0.25, 0.3) is 0 Å². The highest BCUT2D eigenvalue weighted by Crippen LogP contribution is 2.75. The molecule has 1 amide bonds. The summed E-state index contributed by atoms with van der Waals surface area (Å²) in [5, 5.41) is 14.3. The predicted octanol–water partition coefficient (Wildman–Crippen LogP) is 6.20. The molecule has 1 heterocycles. The Labute approximate surface area is 332 Å². The third kappa shape index (κ3) is 6.80. The molecule has 1 saturated heterocycles. The van der Waals surface area contributed by atoms with Crippen LogP contribution in [-0.2, 0) is 47.7 Å². The Hall–Kier alpha value is -2.99. The fourth-order valence-electron chi connectivity index (χ4n) is 13.5. The number of hydrogen-bond donors (Lipinski definition) is 2. The molecule has 1 unspecified atom stereocenters. The number of hydrogen-bond acceptors (Lipinski definition) is 11. The normalized spacial score (nSPS) is 45.2. The Morgan fingerprint density at radius 1 is 0.768 bits per heavy atom. The number of allylic oxidation sites excluding steroid dienone is 2. The van der Waals surface area contributed by atoms with E-state index in [9.17, 15) is 24.3 Å². The molecule has 1 aliphatic heterocycles. The van der Waals surface area contributed by atoms with Crippen LogP contribution in [0.4, 0.5) is 0 Å². The molecule has 2 N–H and O–H groups in total. The third-order valence-electron chi connectivity index (χ3n) is 16.7. The van der Waals surface area contributed by atoms with Crippen molar-refractivity contribution in [1.29, 1.82) is 0 Å². The maximum absolute atomic E-state index is 15.3. The fourth-order valence-corrected chi connectivity index (χ4v) is 13.5. The third-order valence-corrected chi connectivity index (χ3v) is 16.7. The van der Waals surface area contributed by atoms with Crippen molar-refractivity contribution in [2.75, 3.05) is 6.61 Å². The molecule has 5 fully saturated rings. The van der Waals surface area contributed by atoms with E-state index in [0.29, 0.717) is 30.6 Å². The number of fused-ring (bicyclic) bond motifs is 7. The number of carbonyl (C=O) groups excluding carboxylic acids is 5. The van der Waals surface area contributed by atoms with Gasteiger partial charge in [-0.2, -0.15) is 0 Å². The summed E-state index contributed by atoms with van der Waals surface area (Å²) >= 11 is 0. The van der Waals surface area contributed by atoms with Crippen LogP contribution in [0.5, 0.6) is 0 Å². The summed E-state index contributed by atoms with van der Waals surface area (Å²) in [5.74, 6) is -1.58. The highest BCUT2D eigenvalue weighted by molar-refractivity contribution is 5.84. The maximum Gasteiger partial charge on any atom is 0.303 e. The van der Waals surface area contributed by atoms with Crippen LogP contribution in [0.3, 0.4) is 0 Å². The second-order valence-electron chi connectivity index (χ2n) is 19.8. The minimum Gasteiger partial charge on any atom is -0.463 e. The Balaban J connectivity index is 1.38. The molecular formula is C44H67NO11. The zero-order valence-electron chi connectivity index (χ0n) is 35.5. The Morgan fingerprint density at radius 3 is 2.02 bits per heavy atom. The molecule has 56 heavy (non-hydrogen) atoms. The van der Waals surface area contributed by atoms with Gasteiger partial charge in [-0.25, -0.2) is 0 Å². The molecular weight excluding hydrogens is 718 g/mol. The van der Waals surface area contributed by atoms with Crippen LogP contribution in [0.2, 0.25) is 0 Å². The Morgan fingerprint density at radius 2 is 1.39 bits per heavy atom. The molecule has 6 rings (SSSR count). The number of rotatable bonds is 7. The summed E-state index contributed by atoms with van der Waals surface area (Å²) in [4.78, 5) is 64.6. The fraction of sp³-hybridized carbons (Fsp3) is 0.841. The SMILES string of the molecule is CC(=O)OC[C@@H]1O[C@H](NC(=O)[C@]23CC[C@@H](C)[C@H](C)[C@H]2C2=CC[C@@H]4[C@@]5(C)CC[C@H](O)C(C)(C)C5CC[C@@]4(C)[C@]2(C)CC3)[C@H](OC(C)=O)[C@H](OC(C)=O)[C@H]1OC(C)=O. The average molecular weight is 786 g/mol. The number of nitrogens with one attached hydrogen (secondary N) is 1. The van der Waals surface area contributed by atoms with Crippen LogP contribution in [0.25, 0.3) is 0 Å². The highest BCUT2D eigenvalue weighted by atomic mass is 16.7. The van der Waals surface area contributed by atoms with Crippen molar-refractivity contribution in [2.45, 2.75) is 171 Å². The first-order valence-electron chi connectivity index (χ1n) is 21.0. The van der Waals surface area contributed by atoms with Gasteiger partial charge in [0.05, 0.1) is 11.5 Å². The van der Waals surface area contributed by atoms with Crippen LogP contribution >= 0.6 is 0 Å². The van der Waals surface area contributed by atoms with Crippen LogP contribution in [0, 0.1) is 56.7 Å². The van der Waals surface area contributed by atoms with E-state index >= 15 is 4.79 Å². The number of carbonyl (C=O) groups is 5. The molecule has 0 aromatic rings. The molecule has 0 spiro atoms. The van der Waals surface area contributed by atoms with Crippen molar-refractivity contribution in [3.8, 4) is 0 Å². The van der Waals surface area contributed by atoms with Gasteiger partial charge in [-0.1, -0.05) is 60.1 Å². The molecule has 12 nitrogen and oxygen atoms in total. The van der Waals surface area contributed by atoms with Gasteiger partial charge in [0.2, 0.25) is 5.91 Å². The first kappa shape index (κ1) is 42.6. The molecule has 0 radical (unpaired) electrons. The minimum atomic E-state index is -1.37. The van der Waals surface area contributed by atoms with Crippen molar-refractivity contribution < 1.29 is 52.8 Å². The lowest BCUT2D eigenvalue weighted by molar-refractivity contribution is -0.258. The lowest BCUT2D eigenvalue weighted by atomic mass is 9.33. The smallest absolute Gasteiger partial charge is 0.303 e. The summed E-state index contributed by atoms with van der Waals surface area (Å²) in [5.41, 5.74) is 0.393. The summed E-state index contributed by atoms with van der Waals surface area (Å²) in [6, 6.07) is 0. The number of aliphatic hydroxyl groups is 1. The maximum atomic E-state index is 15.3. The molecule has 12 heteroatoms. The van der Waals surface area contributed by atoms with Gasteiger partial charge in [0, 0.05) is 27.7 Å². The summed E-state index contributed by atoms with van der Waals surface area (Å²) in [7, 11) is 0. The van der Waals surface area contributed by atoms with E-state index in [1.54, 1.807) is 0 Å². The standard InChI is InChI=1S/C44H67NO11/c1-23-14-19-44(39(51)45-38-37(55-28(6)49)36(54-27(5)48)35(53-26(4)47)30(56-38)22-52-25(3)46)21-20-42(10)29(34(44)24(23)2)12-13-32-41(9)17-16-33(50)40(7,8)31(41)15-18-43(32,42)11/h12,23-24,30-38,50H,13-22H2,1-11H3,(H,45,51)/t23-,24+,30+,31?,32-,33+,34+,35+,36-,37-,38+,41+,42-,43-,44+/m1/s1. The average Bonchev–Trinajstić information content (AvgIpc) is 3.09. The number of esters is 4. The van der Waals surface area contributed by atoms with Gasteiger partial charge in [0.1, 0.15) is 12.7 Å². The number of ether oxygens (including phenoxy) is 5. The van der Waals surface area contributed by atoms with Crippen LogP contribution in [0.1, 0.15) is 134 Å². The molecule has 0 bridgehead atoms. The van der Waals surface area contributed by atoms with Crippen LogP contribution < -0.4 is 5.32 Å². The predicted molar refractivity (Wildman–Crippen MR) is 205 cm³/mol. The van der Waals surface area contributed by atoms with Crippen LogP contribution in [-0.4, -0.2) is 78.2 Å². The second-order valence-corrected chi connectivity index (χ2v) is 19.8. The van der Waals surface area contributed by atoms with E-state index < -0.39 is 59.9 Å². The van der Waals surface area contributed by atoms with Crippen molar-refractivity contribution in [3.63, 3.8) is 0 Å². The van der Waals surface area contributed by atoms with Crippen molar-refractivity contribution >= 4 is 29.8 Å². The van der Waals surface area contributed by atoms with Crippen molar-refractivity contribution in [1.82, 2.24) is 5.32 Å². The van der Waals surface area contributed by atoms with E-state index in [2.05, 4.69) is 59.9 Å². The summed E-state index contributed by atoms with van der Waals surface area (Å²) in [6.07, 6.45) is 3.64. The topological polar surface area (TPSA) is 164 Å². The number of aliphatic hydroxyl groups excluding tert-OH is 1. The Kier molecular flexibility index (Phi) is 11.4. The van der Waals surface area contributed by atoms with E-state index in [1.165, 1.54) is 33.3 Å². The second kappa shape index (κ2) is 15.0. The van der Waals surface area contributed by atoms with E-state index in [-0.39, 0.29) is 52.1 Å². The molecule has 4 saturated carbocycles. The first-order chi connectivity index (χ1) is 26.0. The van der Waals surface area contributed by atoms with Crippen LogP contribution in [0.15, 0.2) is 11.6 Å². The highest BCUT2D eigenvalue weighted by Gasteiger charge is 2.69. The van der Waals surface area contributed by atoms with Gasteiger partial charge in [-0.15, -0.1) is 0 Å². The molecule has 0 aromatic heterocycles. The lowest BCUT2D eigenvalue weighted by Gasteiger charge is -2.71. The molecule has 0 aromatic carbocycles. The quantitative estimate of drug-likeness (QED) is 0.172. The van der Waals surface area contributed by atoms with Gasteiger partial charge >= 0.3 is 23.9 Å². The largest absolute Gasteiger partial charge is 0.463 e.